The van der Waals surface area contributed by atoms with Crippen LogP contribution in [0.3, 0.4) is 0 Å². The number of carbonyl (C=O) groups is 2. The number of methoxy groups -OCH3 is 1. The van der Waals surface area contributed by atoms with Gasteiger partial charge in [-0.15, -0.1) is 0 Å². The van der Waals surface area contributed by atoms with Gasteiger partial charge in [-0.1, -0.05) is 35.9 Å². The maximum absolute atomic E-state index is 13.0. The Kier molecular flexibility index (Phi) is 4.39. The number of hydrogen-bond acceptors (Lipinski definition) is 3. The van der Waals surface area contributed by atoms with E-state index in [2.05, 4.69) is 0 Å². The number of anilines is 1. The number of benzene rings is 2. The zero-order chi connectivity index (χ0) is 18.3. The fourth-order valence-electron chi connectivity index (χ4n) is 2.84. The van der Waals surface area contributed by atoms with E-state index >= 15 is 0 Å². The molecule has 2 aromatic carbocycles. The van der Waals surface area contributed by atoms with E-state index in [-0.39, 0.29) is 10.6 Å². The summed E-state index contributed by atoms with van der Waals surface area (Å²) in [5, 5.41) is -0.0724. The van der Waals surface area contributed by atoms with Gasteiger partial charge in [0.2, 0.25) is 0 Å². The highest BCUT2D eigenvalue weighted by Crippen LogP contribution is 2.39. The van der Waals surface area contributed by atoms with Crippen LogP contribution in [0.5, 0.6) is 5.75 Å². The van der Waals surface area contributed by atoms with E-state index in [1.165, 1.54) is 7.11 Å². The van der Waals surface area contributed by atoms with Crippen LogP contribution in [0.15, 0.2) is 41.4 Å². The number of halogens is 1. The Morgan fingerprint density at radius 2 is 1.64 bits per heavy atom. The van der Waals surface area contributed by atoms with Gasteiger partial charge < -0.3 is 4.74 Å². The molecular formula is C20H18ClNO3. The van der Waals surface area contributed by atoms with E-state index in [1.54, 1.807) is 12.1 Å². The molecule has 0 unspecified atom stereocenters. The molecule has 0 saturated heterocycles. The third-order valence-corrected chi connectivity index (χ3v) is 4.75. The molecule has 1 aliphatic heterocycles. The van der Waals surface area contributed by atoms with Crippen LogP contribution in [-0.2, 0) is 9.59 Å². The van der Waals surface area contributed by atoms with Gasteiger partial charge in [-0.05, 0) is 55.2 Å². The lowest BCUT2D eigenvalue weighted by atomic mass is 10.0. The maximum atomic E-state index is 13.0. The summed E-state index contributed by atoms with van der Waals surface area (Å²) >= 11 is 6.26. The van der Waals surface area contributed by atoms with Crippen molar-refractivity contribution >= 4 is 34.7 Å². The Hall–Kier alpha value is -2.59. The van der Waals surface area contributed by atoms with Crippen molar-refractivity contribution < 1.29 is 14.3 Å². The average molecular weight is 356 g/mol. The lowest BCUT2D eigenvalue weighted by Crippen LogP contribution is -2.31. The molecule has 0 aromatic heterocycles. The Morgan fingerprint density at radius 1 is 0.920 bits per heavy atom. The minimum Gasteiger partial charge on any atom is -0.495 e. The second-order valence-electron chi connectivity index (χ2n) is 6.11. The number of amides is 2. The summed E-state index contributed by atoms with van der Waals surface area (Å²) in [6.45, 7) is 5.82. The van der Waals surface area contributed by atoms with Gasteiger partial charge in [0.05, 0.1) is 18.4 Å². The van der Waals surface area contributed by atoms with Gasteiger partial charge in [0, 0.05) is 0 Å². The number of rotatable bonds is 3. The molecular weight excluding hydrogens is 338 g/mol. The maximum Gasteiger partial charge on any atom is 0.277 e. The fourth-order valence-corrected chi connectivity index (χ4v) is 3.12. The first kappa shape index (κ1) is 17.2. The number of aryl methyl sites for hydroxylation is 3. The van der Waals surface area contributed by atoms with Gasteiger partial charge in [0.1, 0.15) is 10.8 Å². The highest BCUT2D eigenvalue weighted by Gasteiger charge is 2.40. The minimum absolute atomic E-state index is 0.0724. The monoisotopic (exact) mass is 355 g/mol. The minimum atomic E-state index is -0.538. The first-order valence-electron chi connectivity index (χ1n) is 7.86. The molecule has 0 aliphatic carbocycles. The first-order valence-corrected chi connectivity index (χ1v) is 8.23. The van der Waals surface area contributed by atoms with Gasteiger partial charge in [-0.25, -0.2) is 4.90 Å². The van der Waals surface area contributed by atoms with E-state index in [9.17, 15) is 9.59 Å². The van der Waals surface area contributed by atoms with Gasteiger partial charge in [-0.3, -0.25) is 9.59 Å². The topological polar surface area (TPSA) is 46.6 Å². The molecule has 2 amide bonds. The summed E-state index contributed by atoms with van der Waals surface area (Å²) in [7, 11) is 1.50. The van der Waals surface area contributed by atoms with Crippen LogP contribution in [0.2, 0.25) is 0 Å². The molecule has 128 valence electrons. The summed E-state index contributed by atoms with van der Waals surface area (Å²) in [5.41, 5.74) is 4.30. The van der Waals surface area contributed by atoms with Crippen molar-refractivity contribution in [2.24, 2.45) is 0 Å². The van der Waals surface area contributed by atoms with E-state index < -0.39 is 11.8 Å². The number of nitrogens with zero attached hydrogens (tertiary/aromatic N) is 1. The van der Waals surface area contributed by atoms with Gasteiger partial charge >= 0.3 is 0 Å². The number of hydrogen-bond donors (Lipinski definition) is 0. The molecule has 0 N–H and O–H groups in total. The molecule has 5 heteroatoms. The predicted molar refractivity (Wildman–Crippen MR) is 98.9 cm³/mol. The van der Waals surface area contributed by atoms with E-state index in [1.807, 2.05) is 45.0 Å². The fraction of sp³-hybridized carbons (Fsp3) is 0.200. The Labute approximate surface area is 151 Å². The molecule has 0 fully saturated rings. The van der Waals surface area contributed by atoms with E-state index in [0.717, 1.165) is 21.6 Å². The molecule has 0 radical (unpaired) electrons. The molecule has 0 atom stereocenters. The molecule has 2 aromatic rings. The van der Waals surface area contributed by atoms with E-state index in [4.69, 9.17) is 16.3 Å². The van der Waals surface area contributed by atoms with Gasteiger partial charge in [-0.2, -0.15) is 0 Å². The van der Waals surface area contributed by atoms with Gasteiger partial charge in [0.15, 0.2) is 0 Å². The van der Waals surface area contributed by atoms with Crippen molar-refractivity contribution in [3.63, 3.8) is 0 Å². The van der Waals surface area contributed by atoms with Crippen molar-refractivity contribution in [2.45, 2.75) is 20.8 Å². The van der Waals surface area contributed by atoms with Crippen molar-refractivity contribution in [3.05, 3.63) is 63.7 Å². The second kappa shape index (κ2) is 6.37. The van der Waals surface area contributed by atoms with E-state index in [0.29, 0.717) is 17.0 Å². The molecule has 3 rings (SSSR count). The Balaban J connectivity index is 2.11. The van der Waals surface area contributed by atoms with Crippen molar-refractivity contribution in [1.29, 1.82) is 0 Å². The Bertz CT molecular complexity index is 931. The third-order valence-electron chi connectivity index (χ3n) is 4.40. The predicted octanol–water partition coefficient (Wildman–Crippen LogP) is 4.14. The number of carbonyl (C=O) groups excluding carboxylic acids is 2. The van der Waals surface area contributed by atoms with Crippen LogP contribution in [0.4, 0.5) is 5.69 Å². The smallest absolute Gasteiger partial charge is 0.277 e. The third kappa shape index (κ3) is 2.83. The molecule has 1 aliphatic rings. The standard InChI is InChI=1S/C20H18ClNO3/c1-11-5-8-16(25-4)15(9-11)22-19(23)17(18(21)20(22)24)14-7-6-12(2)13(3)10-14/h5-10H,1-4H3. The van der Waals surface area contributed by atoms with Crippen LogP contribution in [0, 0.1) is 20.8 Å². The summed E-state index contributed by atoms with van der Waals surface area (Å²) in [4.78, 5) is 26.8. The molecule has 25 heavy (non-hydrogen) atoms. The lowest BCUT2D eigenvalue weighted by molar-refractivity contribution is -0.119. The molecule has 0 bridgehead atoms. The van der Waals surface area contributed by atoms with Crippen molar-refractivity contribution in [1.82, 2.24) is 0 Å². The highest BCUT2D eigenvalue weighted by molar-refractivity contribution is 6.60. The van der Waals surface area contributed by atoms with Crippen molar-refractivity contribution in [3.8, 4) is 5.75 Å². The van der Waals surface area contributed by atoms with Crippen molar-refractivity contribution in [2.75, 3.05) is 12.0 Å². The van der Waals surface area contributed by atoms with Gasteiger partial charge in [0.25, 0.3) is 11.8 Å². The van der Waals surface area contributed by atoms with Crippen LogP contribution >= 0.6 is 11.6 Å². The second-order valence-corrected chi connectivity index (χ2v) is 6.49. The number of ether oxygens (including phenoxy) is 1. The summed E-state index contributed by atoms with van der Waals surface area (Å²) < 4.78 is 5.31. The molecule has 1 heterocycles. The quantitative estimate of drug-likeness (QED) is 0.777. The summed E-state index contributed by atoms with van der Waals surface area (Å²) in [6.07, 6.45) is 0. The van der Waals surface area contributed by atoms with Crippen LogP contribution in [0.1, 0.15) is 22.3 Å². The lowest BCUT2D eigenvalue weighted by Gasteiger charge is -2.18. The number of imide groups is 1. The zero-order valence-electron chi connectivity index (χ0n) is 14.5. The highest BCUT2D eigenvalue weighted by atomic mass is 35.5. The molecule has 4 nitrogen and oxygen atoms in total. The van der Waals surface area contributed by atoms with Crippen LogP contribution in [0.25, 0.3) is 5.57 Å². The SMILES string of the molecule is COc1ccc(C)cc1N1C(=O)C(Cl)=C(c2ccc(C)c(C)c2)C1=O. The molecule has 0 spiro atoms. The normalized spacial score (nSPS) is 14.5. The Morgan fingerprint density at radius 3 is 2.28 bits per heavy atom. The van der Waals surface area contributed by atoms with Crippen LogP contribution in [-0.4, -0.2) is 18.9 Å². The summed E-state index contributed by atoms with van der Waals surface area (Å²) in [5.74, 6) is -0.538. The van der Waals surface area contributed by atoms with Crippen LogP contribution < -0.4 is 9.64 Å². The summed E-state index contributed by atoms with van der Waals surface area (Å²) in [6, 6.07) is 10.9. The largest absolute Gasteiger partial charge is 0.495 e. The zero-order valence-corrected chi connectivity index (χ0v) is 15.3. The molecule has 0 saturated carbocycles. The average Bonchev–Trinajstić information content (AvgIpc) is 2.80. The first-order chi connectivity index (χ1) is 11.8.